The summed E-state index contributed by atoms with van der Waals surface area (Å²) < 4.78 is 6.63. The molecule has 8 heteroatoms. The number of hydrogen-bond acceptors (Lipinski definition) is 6. The van der Waals surface area contributed by atoms with Crippen LogP contribution in [0.4, 0.5) is 0 Å². The summed E-state index contributed by atoms with van der Waals surface area (Å²) >= 11 is 0. The smallest absolute Gasteiger partial charge is 0.271 e. The van der Waals surface area contributed by atoms with Gasteiger partial charge >= 0.3 is 0 Å². The Labute approximate surface area is 137 Å². The van der Waals surface area contributed by atoms with E-state index in [1.54, 1.807) is 37.6 Å². The Morgan fingerprint density at radius 3 is 2.79 bits per heavy atom. The number of ether oxygens (including phenoxy) is 1. The molecular formula is C16H14N6O2. The topological polar surface area (TPSA) is 94.3 Å². The lowest BCUT2D eigenvalue weighted by atomic mass is 10.2. The van der Waals surface area contributed by atoms with Crippen LogP contribution in [0.15, 0.2) is 60.0 Å². The van der Waals surface area contributed by atoms with Crippen LogP contribution in [0.2, 0.25) is 0 Å². The minimum atomic E-state index is -0.308. The molecule has 3 aromatic rings. The summed E-state index contributed by atoms with van der Waals surface area (Å²) in [6, 6.07) is 14.2. The van der Waals surface area contributed by atoms with Gasteiger partial charge in [0.15, 0.2) is 0 Å². The zero-order chi connectivity index (χ0) is 16.8. The highest BCUT2D eigenvalue weighted by molar-refractivity contribution is 5.95. The van der Waals surface area contributed by atoms with Crippen LogP contribution >= 0.6 is 0 Å². The van der Waals surface area contributed by atoms with Crippen LogP contribution in [-0.4, -0.2) is 39.4 Å². The summed E-state index contributed by atoms with van der Waals surface area (Å²) in [6.45, 7) is 0. The van der Waals surface area contributed by atoms with Crippen LogP contribution in [0.25, 0.3) is 5.69 Å². The van der Waals surface area contributed by atoms with Gasteiger partial charge in [-0.1, -0.05) is 12.1 Å². The summed E-state index contributed by atoms with van der Waals surface area (Å²) in [5.41, 5.74) is 4.55. The Morgan fingerprint density at radius 1 is 1.25 bits per heavy atom. The van der Waals surface area contributed by atoms with Gasteiger partial charge in [0.05, 0.1) is 19.0 Å². The Kier molecular flexibility index (Phi) is 4.57. The van der Waals surface area contributed by atoms with Crippen molar-refractivity contribution in [1.82, 2.24) is 25.6 Å². The summed E-state index contributed by atoms with van der Waals surface area (Å²) in [6.07, 6.45) is 3.03. The van der Waals surface area contributed by atoms with Gasteiger partial charge in [0.2, 0.25) is 0 Å². The number of hydrazone groups is 1. The van der Waals surface area contributed by atoms with Crippen molar-refractivity contribution in [2.24, 2.45) is 5.10 Å². The third-order valence-corrected chi connectivity index (χ3v) is 3.22. The van der Waals surface area contributed by atoms with Gasteiger partial charge in [0.25, 0.3) is 5.91 Å². The van der Waals surface area contributed by atoms with Crippen LogP contribution in [-0.2, 0) is 0 Å². The fourth-order valence-electron chi connectivity index (χ4n) is 2.00. The molecule has 0 bridgehead atoms. The standard InChI is InChI=1S/C16H14N6O2/c1-24-15-4-2-3-12(9-15)10-17-19-16(23)13-5-7-14(8-6-13)22-11-18-20-21-22/h2-11H,1H3,(H,19,23)/b17-10+. The van der Waals surface area contributed by atoms with Gasteiger partial charge in [0.1, 0.15) is 12.1 Å². The Morgan fingerprint density at radius 2 is 2.08 bits per heavy atom. The van der Waals surface area contributed by atoms with Crippen LogP contribution in [0.5, 0.6) is 5.75 Å². The monoisotopic (exact) mass is 322 g/mol. The molecule has 0 aliphatic carbocycles. The number of hydrogen-bond donors (Lipinski definition) is 1. The van der Waals surface area contributed by atoms with Crippen molar-refractivity contribution < 1.29 is 9.53 Å². The molecule has 8 nitrogen and oxygen atoms in total. The van der Waals surface area contributed by atoms with E-state index in [-0.39, 0.29) is 5.91 Å². The zero-order valence-corrected chi connectivity index (χ0v) is 12.8. The van der Waals surface area contributed by atoms with E-state index in [4.69, 9.17) is 4.74 Å². The van der Waals surface area contributed by atoms with E-state index in [2.05, 4.69) is 26.1 Å². The van der Waals surface area contributed by atoms with Crippen LogP contribution < -0.4 is 10.2 Å². The van der Waals surface area contributed by atoms with E-state index in [0.717, 1.165) is 17.0 Å². The highest BCUT2D eigenvalue weighted by Crippen LogP contribution is 2.11. The molecule has 2 aromatic carbocycles. The number of methoxy groups -OCH3 is 1. The lowest BCUT2D eigenvalue weighted by Crippen LogP contribution is -2.17. The molecule has 1 aromatic heterocycles. The molecule has 120 valence electrons. The molecule has 0 spiro atoms. The van der Waals surface area contributed by atoms with E-state index >= 15 is 0 Å². The van der Waals surface area contributed by atoms with Crippen molar-refractivity contribution in [1.29, 1.82) is 0 Å². The van der Waals surface area contributed by atoms with Crippen LogP contribution in [0, 0.1) is 0 Å². The van der Waals surface area contributed by atoms with Crippen molar-refractivity contribution in [2.75, 3.05) is 7.11 Å². The fourth-order valence-corrected chi connectivity index (χ4v) is 2.00. The van der Waals surface area contributed by atoms with E-state index in [1.165, 1.54) is 11.0 Å². The highest BCUT2D eigenvalue weighted by atomic mass is 16.5. The molecule has 0 unspecified atom stereocenters. The quantitative estimate of drug-likeness (QED) is 0.566. The number of rotatable bonds is 5. The second-order valence-corrected chi connectivity index (χ2v) is 4.78. The third kappa shape index (κ3) is 3.61. The maximum atomic E-state index is 12.1. The highest BCUT2D eigenvalue weighted by Gasteiger charge is 2.05. The minimum Gasteiger partial charge on any atom is -0.497 e. The molecular weight excluding hydrogens is 308 g/mol. The number of nitrogens with zero attached hydrogens (tertiary/aromatic N) is 5. The molecule has 0 atom stereocenters. The predicted octanol–water partition coefficient (Wildman–Crippen LogP) is 1.43. The van der Waals surface area contributed by atoms with E-state index in [0.29, 0.717) is 5.56 Å². The maximum Gasteiger partial charge on any atom is 0.271 e. The Hall–Kier alpha value is -3.55. The SMILES string of the molecule is COc1cccc(/C=N/NC(=O)c2ccc(-n3cnnn3)cc2)c1. The molecule has 0 aliphatic heterocycles. The first-order valence-electron chi connectivity index (χ1n) is 7.07. The Balaban J connectivity index is 1.63. The van der Waals surface area contributed by atoms with Crippen molar-refractivity contribution in [2.45, 2.75) is 0 Å². The van der Waals surface area contributed by atoms with Gasteiger partial charge in [-0.3, -0.25) is 4.79 Å². The number of nitrogens with one attached hydrogen (secondary N) is 1. The minimum absolute atomic E-state index is 0.308. The molecule has 0 fully saturated rings. The number of benzene rings is 2. The number of amides is 1. The summed E-state index contributed by atoms with van der Waals surface area (Å²) in [5.74, 6) is 0.417. The van der Waals surface area contributed by atoms with E-state index in [9.17, 15) is 4.79 Å². The van der Waals surface area contributed by atoms with Crippen molar-refractivity contribution in [3.8, 4) is 11.4 Å². The average molecular weight is 322 g/mol. The molecule has 0 saturated heterocycles. The zero-order valence-electron chi connectivity index (χ0n) is 12.8. The van der Waals surface area contributed by atoms with Gasteiger partial charge in [-0.2, -0.15) is 5.10 Å². The number of carbonyl (C=O) groups is 1. The van der Waals surface area contributed by atoms with Crippen LogP contribution in [0.1, 0.15) is 15.9 Å². The molecule has 1 amide bonds. The molecule has 3 rings (SSSR count). The van der Waals surface area contributed by atoms with Crippen molar-refractivity contribution in [3.05, 3.63) is 66.0 Å². The van der Waals surface area contributed by atoms with E-state index in [1.807, 2.05) is 24.3 Å². The summed E-state index contributed by atoms with van der Waals surface area (Å²) in [5, 5.41) is 14.9. The van der Waals surface area contributed by atoms with Gasteiger partial charge in [-0.25, -0.2) is 10.1 Å². The number of carbonyl (C=O) groups excluding carboxylic acids is 1. The number of tetrazole rings is 1. The lowest BCUT2D eigenvalue weighted by Gasteiger charge is -2.03. The lowest BCUT2D eigenvalue weighted by molar-refractivity contribution is 0.0955. The third-order valence-electron chi connectivity index (χ3n) is 3.22. The normalized spacial score (nSPS) is 10.7. The molecule has 1 N–H and O–H groups in total. The van der Waals surface area contributed by atoms with Crippen molar-refractivity contribution in [3.63, 3.8) is 0 Å². The van der Waals surface area contributed by atoms with Gasteiger partial charge in [-0.05, 0) is 52.4 Å². The number of aromatic nitrogens is 4. The molecule has 1 heterocycles. The Bertz CT molecular complexity index is 843. The van der Waals surface area contributed by atoms with Crippen LogP contribution in [0.3, 0.4) is 0 Å². The van der Waals surface area contributed by atoms with Gasteiger partial charge in [0, 0.05) is 5.56 Å². The first kappa shape index (κ1) is 15.3. The average Bonchev–Trinajstić information content (AvgIpc) is 3.16. The fraction of sp³-hybridized carbons (Fsp3) is 0.0625. The maximum absolute atomic E-state index is 12.1. The first-order valence-corrected chi connectivity index (χ1v) is 7.07. The van der Waals surface area contributed by atoms with E-state index < -0.39 is 0 Å². The van der Waals surface area contributed by atoms with Gasteiger partial charge < -0.3 is 4.74 Å². The summed E-state index contributed by atoms with van der Waals surface area (Å²) in [7, 11) is 1.59. The summed E-state index contributed by atoms with van der Waals surface area (Å²) in [4.78, 5) is 12.1. The van der Waals surface area contributed by atoms with Gasteiger partial charge in [-0.15, -0.1) is 5.10 Å². The molecule has 24 heavy (non-hydrogen) atoms. The predicted molar refractivity (Wildman–Crippen MR) is 87.2 cm³/mol. The molecule has 0 aliphatic rings. The molecule has 0 saturated carbocycles. The van der Waals surface area contributed by atoms with Crippen molar-refractivity contribution >= 4 is 12.1 Å². The second-order valence-electron chi connectivity index (χ2n) is 4.78. The second kappa shape index (κ2) is 7.14. The largest absolute Gasteiger partial charge is 0.497 e. The first-order chi connectivity index (χ1) is 11.8. The molecule has 0 radical (unpaired) electrons.